The monoisotopic (exact) mass is 267 g/mol. The van der Waals surface area contributed by atoms with Crippen LogP contribution < -0.4 is 0 Å². The van der Waals surface area contributed by atoms with Crippen LogP contribution in [0.3, 0.4) is 0 Å². The number of nitrogens with zero attached hydrogens (tertiary/aromatic N) is 1. The second-order valence-corrected chi connectivity index (χ2v) is 5.25. The molecule has 0 aliphatic rings. The predicted molar refractivity (Wildman–Crippen MR) is 75.7 cm³/mol. The van der Waals surface area contributed by atoms with Gasteiger partial charge < -0.3 is 10.0 Å². The Kier molecular flexibility index (Phi) is 7.53. The van der Waals surface area contributed by atoms with Gasteiger partial charge in [-0.2, -0.15) is 0 Å². The molecule has 18 heavy (non-hydrogen) atoms. The second kappa shape index (κ2) is 9.00. The van der Waals surface area contributed by atoms with E-state index in [1.807, 2.05) is 37.4 Å². The summed E-state index contributed by atoms with van der Waals surface area (Å²) in [5.41, 5.74) is 0. The van der Waals surface area contributed by atoms with Gasteiger partial charge in [0.1, 0.15) is 0 Å². The van der Waals surface area contributed by atoms with Crippen LogP contribution in [0.15, 0.2) is 35.2 Å². The van der Waals surface area contributed by atoms with Gasteiger partial charge in [-0.05, 0) is 31.4 Å². The molecule has 0 aliphatic heterocycles. The molecule has 0 saturated heterocycles. The van der Waals surface area contributed by atoms with E-state index in [2.05, 4.69) is 0 Å². The van der Waals surface area contributed by atoms with Crippen molar-refractivity contribution in [1.82, 2.24) is 4.90 Å². The Morgan fingerprint density at radius 3 is 2.61 bits per heavy atom. The Labute approximate surface area is 113 Å². The van der Waals surface area contributed by atoms with Crippen LogP contribution >= 0.6 is 11.8 Å². The SMILES string of the molecule is CN(CCCCCO)C(=O)CSc1ccccc1. The van der Waals surface area contributed by atoms with Gasteiger partial charge in [0.25, 0.3) is 0 Å². The van der Waals surface area contributed by atoms with Crippen LogP contribution in [0.1, 0.15) is 19.3 Å². The second-order valence-electron chi connectivity index (χ2n) is 4.20. The van der Waals surface area contributed by atoms with Crippen molar-refractivity contribution in [2.45, 2.75) is 24.2 Å². The molecule has 0 saturated carbocycles. The number of rotatable bonds is 8. The van der Waals surface area contributed by atoms with Gasteiger partial charge in [0, 0.05) is 25.1 Å². The molecule has 1 amide bonds. The first-order valence-corrected chi connectivity index (χ1v) is 7.25. The average molecular weight is 267 g/mol. The number of carbonyl (C=O) groups is 1. The molecule has 0 atom stereocenters. The number of benzene rings is 1. The lowest BCUT2D eigenvalue weighted by molar-refractivity contribution is -0.127. The fourth-order valence-corrected chi connectivity index (χ4v) is 2.39. The summed E-state index contributed by atoms with van der Waals surface area (Å²) in [6.45, 7) is 1.01. The third-order valence-electron chi connectivity index (χ3n) is 2.68. The molecule has 1 rings (SSSR count). The minimum atomic E-state index is 0.160. The van der Waals surface area contributed by atoms with E-state index in [0.717, 1.165) is 30.7 Å². The Morgan fingerprint density at radius 1 is 1.22 bits per heavy atom. The molecule has 3 nitrogen and oxygen atoms in total. The van der Waals surface area contributed by atoms with E-state index in [-0.39, 0.29) is 12.5 Å². The van der Waals surface area contributed by atoms with Crippen molar-refractivity contribution in [3.05, 3.63) is 30.3 Å². The lowest BCUT2D eigenvalue weighted by Gasteiger charge is -2.16. The van der Waals surface area contributed by atoms with Gasteiger partial charge in [-0.15, -0.1) is 11.8 Å². The molecule has 0 unspecified atom stereocenters. The Bertz CT molecular complexity index is 343. The molecule has 0 fully saturated rings. The van der Waals surface area contributed by atoms with Crippen molar-refractivity contribution in [2.24, 2.45) is 0 Å². The highest BCUT2D eigenvalue weighted by molar-refractivity contribution is 8.00. The van der Waals surface area contributed by atoms with Gasteiger partial charge in [0.2, 0.25) is 5.91 Å². The number of aliphatic hydroxyl groups is 1. The third kappa shape index (κ3) is 6.07. The fraction of sp³-hybridized carbons (Fsp3) is 0.500. The summed E-state index contributed by atoms with van der Waals surface area (Å²) in [6.07, 6.45) is 2.75. The Balaban J connectivity index is 2.19. The summed E-state index contributed by atoms with van der Waals surface area (Å²) >= 11 is 1.57. The molecule has 0 heterocycles. The summed E-state index contributed by atoms with van der Waals surface area (Å²) < 4.78 is 0. The van der Waals surface area contributed by atoms with Gasteiger partial charge in [-0.1, -0.05) is 18.2 Å². The van der Waals surface area contributed by atoms with Crippen molar-refractivity contribution in [1.29, 1.82) is 0 Å². The summed E-state index contributed by atoms with van der Waals surface area (Å²) in [6, 6.07) is 9.95. The minimum absolute atomic E-state index is 0.160. The molecule has 0 radical (unpaired) electrons. The van der Waals surface area contributed by atoms with Gasteiger partial charge in [-0.25, -0.2) is 0 Å². The van der Waals surface area contributed by atoms with E-state index in [1.165, 1.54) is 0 Å². The lowest BCUT2D eigenvalue weighted by Crippen LogP contribution is -2.29. The molecule has 0 spiro atoms. The lowest BCUT2D eigenvalue weighted by atomic mass is 10.2. The molecule has 0 aromatic heterocycles. The standard InChI is InChI=1S/C14H21NO2S/c1-15(10-6-3-7-11-16)14(17)12-18-13-8-4-2-5-9-13/h2,4-5,8-9,16H,3,6-7,10-12H2,1H3. The minimum Gasteiger partial charge on any atom is -0.396 e. The number of hydrogen-bond acceptors (Lipinski definition) is 3. The third-order valence-corrected chi connectivity index (χ3v) is 3.68. The maximum atomic E-state index is 11.8. The van der Waals surface area contributed by atoms with Gasteiger partial charge >= 0.3 is 0 Å². The Morgan fingerprint density at radius 2 is 1.94 bits per heavy atom. The van der Waals surface area contributed by atoms with Crippen molar-refractivity contribution in [2.75, 3.05) is 26.0 Å². The smallest absolute Gasteiger partial charge is 0.232 e. The maximum absolute atomic E-state index is 11.8. The van der Waals surface area contributed by atoms with E-state index in [9.17, 15) is 4.79 Å². The molecule has 1 aromatic rings. The van der Waals surface area contributed by atoms with Crippen LogP contribution in [0.4, 0.5) is 0 Å². The average Bonchev–Trinajstić information content (AvgIpc) is 2.42. The molecular weight excluding hydrogens is 246 g/mol. The zero-order valence-corrected chi connectivity index (χ0v) is 11.7. The van der Waals surface area contributed by atoms with Gasteiger partial charge in [-0.3, -0.25) is 4.79 Å². The maximum Gasteiger partial charge on any atom is 0.232 e. The normalized spacial score (nSPS) is 10.3. The number of thioether (sulfide) groups is 1. The van der Waals surface area contributed by atoms with Crippen molar-refractivity contribution >= 4 is 17.7 Å². The summed E-state index contributed by atoms with van der Waals surface area (Å²) in [5, 5.41) is 8.67. The number of hydrogen-bond donors (Lipinski definition) is 1. The van der Waals surface area contributed by atoms with Crippen LogP contribution in [0, 0.1) is 0 Å². The number of unbranched alkanes of at least 4 members (excludes halogenated alkanes) is 2. The molecule has 0 bridgehead atoms. The fourth-order valence-electron chi connectivity index (χ4n) is 1.53. The van der Waals surface area contributed by atoms with Crippen LogP contribution in [0.25, 0.3) is 0 Å². The van der Waals surface area contributed by atoms with E-state index < -0.39 is 0 Å². The molecule has 1 aromatic carbocycles. The van der Waals surface area contributed by atoms with E-state index in [1.54, 1.807) is 16.7 Å². The molecule has 4 heteroatoms. The first-order chi connectivity index (χ1) is 8.74. The van der Waals surface area contributed by atoms with Crippen LogP contribution in [0.2, 0.25) is 0 Å². The molecule has 100 valence electrons. The summed E-state index contributed by atoms with van der Waals surface area (Å²) in [4.78, 5) is 14.7. The van der Waals surface area contributed by atoms with E-state index in [4.69, 9.17) is 5.11 Å². The van der Waals surface area contributed by atoms with Crippen LogP contribution in [0.5, 0.6) is 0 Å². The van der Waals surface area contributed by atoms with Crippen molar-refractivity contribution < 1.29 is 9.90 Å². The first-order valence-electron chi connectivity index (χ1n) is 6.26. The van der Waals surface area contributed by atoms with Crippen LogP contribution in [-0.2, 0) is 4.79 Å². The quantitative estimate of drug-likeness (QED) is 0.581. The zero-order chi connectivity index (χ0) is 13.2. The van der Waals surface area contributed by atoms with Gasteiger partial charge in [0.05, 0.1) is 5.75 Å². The molecule has 0 aliphatic carbocycles. The summed E-state index contributed by atoms with van der Waals surface area (Å²) in [7, 11) is 1.84. The number of carbonyl (C=O) groups excluding carboxylic acids is 1. The molecule has 1 N–H and O–H groups in total. The first kappa shape index (κ1) is 15.1. The highest BCUT2D eigenvalue weighted by atomic mass is 32.2. The summed E-state index contributed by atoms with van der Waals surface area (Å²) in [5.74, 6) is 0.647. The number of amides is 1. The van der Waals surface area contributed by atoms with E-state index >= 15 is 0 Å². The largest absolute Gasteiger partial charge is 0.396 e. The number of aliphatic hydroxyl groups excluding tert-OH is 1. The van der Waals surface area contributed by atoms with E-state index in [0.29, 0.717) is 5.75 Å². The van der Waals surface area contributed by atoms with Gasteiger partial charge in [0.15, 0.2) is 0 Å². The van der Waals surface area contributed by atoms with Crippen molar-refractivity contribution in [3.8, 4) is 0 Å². The zero-order valence-electron chi connectivity index (χ0n) is 10.8. The molecular formula is C14H21NO2S. The highest BCUT2D eigenvalue weighted by Crippen LogP contribution is 2.17. The Hall–Kier alpha value is -1.00. The topological polar surface area (TPSA) is 40.5 Å². The van der Waals surface area contributed by atoms with Crippen molar-refractivity contribution in [3.63, 3.8) is 0 Å². The predicted octanol–water partition coefficient (Wildman–Crippen LogP) is 2.40. The highest BCUT2D eigenvalue weighted by Gasteiger charge is 2.08. The van der Waals surface area contributed by atoms with Crippen LogP contribution in [-0.4, -0.2) is 41.9 Å².